The van der Waals surface area contributed by atoms with Crippen LogP contribution < -0.4 is 0 Å². The summed E-state index contributed by atoms with van der Waals surface area (Å²) in [5, 5.41) is 16.7. The molecule has 2 N–H and O–H groups in total. The van der Waals surface area contributed by atoms with Gasteiger partial charge in [-0.05, 0) is 33.8 Å². The summed E-state index contributed by atoms with van der Waals surface area (Å²) in [5.74, 6) is 0. The number of piperazine rings is 1. The molecule has 1 atom stereocenters. The van der Waals surface area contributed by atoms with Gasteiger partial charge < -0.3 is 19.5 Å². The summed E-state index contributed by atoms with van der Waals surface area (Å²) >= 11 is 0. The maximum Gasteiger partial charge on any atom is 0.410 e. The van der Waals surface area contributed by atoms with Crippen LogP contribution in [0.15, 0.2) is 6.07 Å². The van der Waals surface area contributed by atoms with Crippen LogP contribution in [-0.2, 0) is 16.0 Å². The highest BCUT2D eigenvalue weighted by Crippen LogP contribution is 2.15. The van der Waals surface area contributed by atoms with Gasteiger partial charge in [0.25, 0.3) is 0 Å². The number of H-pyrrole nitrogens is 1. The fourth-order valence-electron chi connectivity index (χ4n) is 2.49. The second-order valence-electron chi connectivity index (χ2n) is 6.87. The highest BCUT2D eigenvalue weighted by Gasteiger charge is 2.26. The molecule has 0 bridgehead atoms. The summed E-state index contributed by atoms with van der Waals surface area (Å²) in [6, 6.07) is 1.81. The average molecular weight is 340 g/mol. The minimum absolute atomic E-state index is 0.259. The number of carbonyl (C=O) groups is 1. The zero-order chi connectivity index (χ0) is 17.7. The molecule has 2 rings (SSSR count). The van der Waals surface area contributed by atoms with Crippen LogP contribution in [0.1, 0.15) is 45.4 Å². The highest BCUT2D eigenvalue weighted by molar-refractivity contribution is 5.68. The number of amides is 1. The number of hydrogen-bond donors (Lipinski definition) is 2. The van der Waals surface area contributed by atoms with Crippen molar-refractivity contribution in [2.75, 3.05) is 32.8 Å². The van der Waals surface area contributed by atoms with Gasteiger partial charge in [-0.1, -0.05) is 0 Å². The number of ether oxygens (including phenoxy) is 2. The summed E-state index contributed by atoms with van der Waals surface area (Å²) in [5.41, 5.74) is 0.927. The van der Waals surface area contributed by atoms with Crippen molar-refractivity contribution in [2.24, 2.45) is 0 Å². The minimum atomic E-state index is -0.996. The van der Waals surface area contributed by atoms with Gasteiger partial charge in [-0.15, -0.1) is 0 Å². The van der Waals surface area contributed by atoms with E-state index in [4.69, 9.17) is 9.47 Å². The van der Waals surface area contributed by atoms with E-state index < -0.39 is 11.9 Å². The normalized spacial score (nSPS) is 17.8. The smallest absolute Gasteiger partial charge is 0.410 e. The molecular formula is C16H28N4O4. The first kappa shape index (κ1) is 18.7. The predicted octanol–water partition coefficient (Wildman–Crippen LogP) is 1.49. The molecule has 24 heavy (non-hydrogen) atoms. The molecule has 1 aromatic heterocycles. The standard InChI is InChI=1S/C16H28N4O4/c1-5-23-14(21)13-10-12(17-18-13)11-19-6-8-20(9-7-19)15(22)24-16(2,3)4/h10,14,21H,5-9,11H2,1-4H3,(H,17,18). The van der Waals surface area contributed by atoms with Gasteiger partial charge in [-0.25, -0.2) is 4.79 Å². The summed E-state index contributed by atoms with van der Waals surface area (Å²) < 4.78 is 10.5. The van der Waals surface area contributed by atoms with Crippen LogP contribution in [0.3, 0.4) is 0 Å². The second-order valence-corrected chi connectivity index (χ2v) is 6.87. The molecule has 1 amide bonds. The summed E-state index contributed by atoms with van der Waals surface area (Å²) in [4.78, 5) is 16.0. The molecule has 1 unspecified atom stereocenters. The van der Waals surface area contributed by atoms with Gasteiger partial charge in [-0.3, -0.25) is 10.00 Å². The van der Waals surface area contributed by atoms with Crippen LogP contribution in [0, 0.1) is 0 Å². The first-order valence-corrected chi connectivity index (χ1v) is 8.32. The number of nitrogens with one attached hydrogen (secondary N) is 1. The van der Waals surface area contributed by atoms with E-state index in [-0.39, 0.29) is 6.09 Å². The lowest BCUT2D eigenvalue weighted by atomic mass is 10.2. The van der Waals surface area contributed by atoms with E-state index in [0.717, 1.165) is 18.8 Å². The largest absolute Gasteiger partial charge is 0.444 e. The van der Waals surface area contributed by atoms with Crippen LogP contribution >= 0.6 is 0 Å². The van der Waals surface area contributed by atoms with Gasteiger partial charge in [0, 0.05) is 45.0 Å². The molecule has 8 nitrogen and oxygen atoms in total. The first-order chi connectivity index (χ1) is 11.3. The van der Waals surface area contributed by atoms with E-state index in [1.807, 2.05) is 27.7 Å². The molecule has 0 saturated carbocycles. The number of rotatable bonds is 5. The van der Waals surface area contributed by atoms with E-state index in [1.165, 1.54) is 0 Å². The van der Waals surface area contributed by atoms with Gasteiger partial charge in [0.2, 0.25) is 0 Å². The van der Waals surface area contributed by atoms with Gasteiger partial charge in [-0.2, -0.15) is 5.10 Å². The van der Waals surface area contributed by atoms with Crippen molar-refractivity contribution in [1.82, 2.24) is 20.0 Å². The molecule has 1 saturated heterocycles. The molecule has 0 spiro atoms. The minimum Gasteiger partial charge on any atom is -0.444 e. The maximum absolute atomic E-state index is 12.0. The van der Waals surface area contributed by atoms with Gasteiger partial charge in [0.05, 0.1) is 0 Å². The number of aliphatic hydroxyl groups is 1. The van der Waals surface area contributed by atoms with E-state index in [9.17, 15) is 9.90 Å². The lowest BCUT2D eigenvalue weighted by molar-refractivity contribution is -0.101. The lowest BCUT2D eigenvalue weighted by Crippen LogP contribution is -2.49. The van der Waals surface area contributed by atoms with Gasteiger partial charge in [0.1, 0.15) is 11.3 Å². The van der Waals surface area contributed by atoms with Crippen LogP contribution in [0.5, 0.6) is 0 Å². The molecule has 8 heteroatoms. The molecule has 0 aliphatic carbocycles. The Hall–Kier alpha value is -1.64. The number of aromatic nitrogens is 2. The Morgan fingerprint density at radius 2 is 2.04 bits per heavy atom. The van der Waals surface area contributed by atoms with Crippen LogP contribution in [0.2, 0.25) is 0 Å². The average Bonchev–Trinajstić information content (AvgIpc) is 2.95. The molecule has 0 radical (unpaired) electrons. The molecule has 1 fully saturated rings. The van der Waals surface area contributed by atoms with Crippen LogP contribution in [0.25, 0.3) is 0 Å². The third-order valence-electron chi connectivity index (χ3n) is 3.65. The lowest BCUT2D eigenvalue weighted by Gasteiger charge is -2.35. The number of aliphatic hydroxyl groups excluding tert-OH is 1. The number of hydrogen-bond acceptors (Lipinski definition) is 6. The third kappa shape index (κ3) is 5.47. The zero-order valence-corrected chi connectivity index (χ0v) is 14.9. The van der Waals surface area contributed by atoms with Crippen molar-refractivity contribution >= 4 is 6.09 Å². The van der Waals surface area contributed by atoms with Crippen molar-refractivity contribution < 1.29 is 19.4 Å². The van der Waals surface area contributed by atoms with Gasteiger partial charge >= 0.3 is 6.09 Å². The first-order valence-electron chi connectivity index (χ1n) is 8.32. The fraction of sp³-hybridized carbons (Fsp3) is 0.750. The van der Waals surface area contributed by atoms with E-state index >= 15 is 0 Å². The molecule has 2 heterocycles. The topological polar surface area (TPSA) is 90.9 Å². The molecule has 0 aromatic carbocycles. The van der Waals surface area contributed by atoms with Crippen molar-refractivity contribution in [2.45, 2.75) is 46.1 Å². The van der Waals surface area contributed by atoms with E-state index in [0.29, 0.717) is 31.9 Å². The van der Waals surface area contributed by atoms with E-state index in [2.05, 4.69) is 15.1 Å². The Morgan fingerprint density at radius 1 is 1.38 bits per heavy atom. The summed E-state index contributed by atoms with van der Waals surface area (Å²) in [7, 11) is 0. The fourth-order valence-corrected chi connectivity index (χ4v) is 2.49. The second kappa shape index (κ2) is 7.96. The predicted molar refractivity (Wildman–Crippen MR) is 88.3 cm³/mol. The van der Waals surface area contributed by atoms with Crippen molar-refractivity contribution in [3.63, 3.8) is 0 Å². The van der Waals surface area contributed by atoms with Crippen molar-refractivity contribution in [3.05, 3.63) is 17.5 Å². The Labute approximate surface area is 142 Å². The number of aromatic amines is 1. The van der Waals surface area contributed by atoms with Crippen molar-refractivity contribution in [1.29, 1.82) is 0 Å². The number of carbonyl (C=O) groups excluding carboxylic acids is 1. The Balaban J connectivity index is 1.80. The van der Waals surface area contributed by atoms with E-state index in [1.54, 1.807) is 11.0 Å². The number of nitrogens with zero attached hydrogens (tertiary/aromatic N) is 3. The maximum atomic E-state index is 12.0. The molecular weight excluding hydrogens is 312 g/mol. The Bertz CT molecular complexity index is 532. The SMILES string of the molecule is CCOC(O)c1cc(CN2CCN(C(=O)OC(C)(C)C)CC2)[nH]n1. The summed E-state index contributed by atoms with van der Waals surface area (Å²) in [6.07, 6.45) is -1.25. The monoisotopic (exact) mass is 340 g/mol. The Kier molecular flexibility index (Phi) is 6.20. The molecule has 1 aliphatic heterocycles. The van der Waals surface area contributed by atoms with Crippen LogP contribution in [-0.4, -0.2) is 69.6 Å². The molecule has 1 aromatic rings. The quantitative estimate of drug-likeness (QED) is 0.789. The van der Waals surface area contributed by atoms with Crippen LogP contribution in [0.4, 0.5) is 4.79 Å². The highest BCUT2D eigenvalue weighted by atomic mass is 16.6. The molecule has 136 valence electrons. The van der Waals surface area contributed by atoms with Crippen molar-refractivity contribution in [3.8, 4) is 0 Å². The Morgan fingerprint density at radius 3 is 2.62 bits per heavy atom. The zero-order valence-electron chi connectivity index (χ0n) is 14.9. The molecule has 1 aliphatic rings. The third-order valence-corrected chi connectivity index (χ3v) is 3.65. The summed E-state index contributed by atoms with van der Waals surface area (Å²) in [6.45, 7) is 11.3. The van der Waals surface area contributed by atoms with Gasteiger partial charge in [0.15, 0.2) is 6.29 Å².